The van der Waals surface area contributed by atoms with Crippen LogP contribution in [0.15, 0.2) is 96.1 Å². The van der Waals surface area contributed by atoms with Crippen LogP contribution in [0, 0.1) is 0 Å². The molecular formula is C42H46Cl2Zr. The van der Waals surface area contributed by atoms with Crippen LogP contribution >= 0.6 is 0 Å². The Balaban J connectivity index is 0.00000200. The SMILES string of the molecule is CCC1=Cc2c(-c3ccc(C(C)C)cc3)cccc2[CH]1[Zr+2]1([CH]2C(CC)=Cc3c(-c4ccc(C(C)C)cc4)cccc32)[CH2][CH2]1.[Cl-].[Cl-]. The van der Waals surface area contributed by atoms with Crippen molar-refractivity contribution in [3.8, 4) is 22.3 Å². The third kappa shape index (κ3) is 5.81. The van der Waals surface area contributed by atoms with Crippen molar-refractivity contribution in [2.45, 2.75) is 81.7 Å². The average molecular weight is 713 g/mol. The van der Waals surface area contributed by atoms with Gasteiger partial charge in [-0.15, -0.1) is 0 Å². The molecule has 4 aromatic carbocycles. The molecule has 2 aliphatic carbocycles. The van der Waals surface area contributed by atoms with Crippen LogP contribution in [0.1, 0.15) is 107 Å². The molecule has 0 amide bonds. The van der Waals surface area contributed by atoms with Crippen LogP contribution in [0.3, 0.4) is 0 Å². The molecule has 7 rings (SSSR count). The van der Waals surface area contributed by atoms with E-state index in [0.29, 0.717) is 19.1 Å². The summed E-state index contributed by atoms with van der Waals surface area (Å²) in [7, 11) is 0. The van der Waals surface area contributed by atoms with Crippen molar-refractivity contribution in [2.75, 3.05) is 0 Å². The van der Waals surface area contributed by atoms with Crippen molar-refractivity contribution < 1.29 is 45.1 Å². The Kier molecular flexibility index (Phi) is 10.3. The summed E-state index contributed by atoms with van der Waals surface area (Å²) in [5, 5.41) is 0. The maximum absolute atomic E-state index is 2.69. The Morgan fingerprint density at radius 1 is 0.556 bits per heavy atom. The number of hydrogen-bond donors (Lipinski definition) is 0. The van der Waals surface area contributed by atoms with Gasteiger partial charge in [-0.05, 0) is 0 Å². The molecule has 3 heteroatoms. The number of fused-ring (bicyclic) bond motifs is 2. The summed E-state index contributed by atoms with van der Waals surface area (Å²) < 4.78 is 4.42. The first kappa shape index (κ1) is 34.2. The second-order valence-corrected chi connectivity index (χ2v) is 25.3. The van der Waals surface area contributed by atoms with Crippen molar-refractivity contribution in [2.24, 2.45) is 0 Å². The van der Waals surface area contributed by atoms with Gasteiger partial charge in [0, 0.05) is 0 Å². The van der Waals surface area contributed by atoms with Gasteiger partial charge in [0.05, 0.1) is 0 Å². The van der Waals surface area contributed by atoms with Crippen LogP contribution in [-0.4, -0.2) is 0 Å². The molecule has 0 N–H and O–H groups in total. The van der Waals surface area contributed by atoms with Gasteiger partial charge < -0.3 is 24.8 Å². The molecule has 45 heavy (non-hydrogen) atoms. The molecule has 0 bridgehead atoms. The van der Waals surface area contributed by atoms with Gasteiger partial charge in [0.2, 0.25) is 0 Å². The third-order valence-corrected chi connectivity index (χ3v) is 23.9. The fourth-order valence-corrected chi connectivity index (χ4v) is 26.3. The largest absolute Gasteiger partial charge is 1.00 e. The van der Waals surface area contributed by atoms with E-state index in [9.17, 15) is 0 Å². The molecule has 1 fully saturated rings. The molecule has 1 heterocycles. The number of rotatable bonds is 8. The molecule has 0 radical (unpaired) electrons. The number of benzene rings is 4. The average Bonchev–Trinajstić information content (AvgIpc) is 3.56. The molecule has 4 aromatic rings. The van der Waals surface area contributed by atoms with E-state index in [4.69, 9.17) is 0 Å². The molecule has 0 nitrogen and oxygen atoms in total. The monoisotopic (exact) mass is 710 g/mol. The molecule has 3 aliphatic rings. The fraction of sp³-hybridized carbons (Fsp3) is 0.333. The van der Waals surface area contributed by atoms with Gasteiger partial charge in [-0.1, -0.05) is 0 Å². The molecule has 232 valence electrons. The Hall–Kier alpha value is -2.18. The molecule has 2 unspecified atom stereocenters. The summed E-state index contributed by atoms with van der Waals surface area (Å²) in [6.07, 6.45) is 7.58. The maximum Gasteiger partial charge on any atom is -1.00 e. The van der Waals surface area contributed by atoms with Gasteiger partial charge in [0.15, 0.2) is 0 Å². The van der Waals surface area contributed by atoms with E-state index < -0.39 is 20.3 Å². The minimum Gasteiger partial charge on any atom is -1.00 e. The zero-order valence-electron chi connectivity index (χ0n) is 27.6. The quantitative estimate of drug-likeness (QED) is 0.192. The standard InChI is InChI=1S/2C20H21.C2H4.2ClH.Zr/c2*1-4-15-12-18-6-5-7-19(20(18)13-15)17-10-8-16(9-11-17)14(2)3;1-2;;;/h2*5-14H,4H2,1-3H3;1-2H2;2*1H;/q;;;;;+2/p-2. The van der Waals surface area contributed by atoms with Gasteiger partial charge in [-0.3, -0.25) is 0 Å². The van der Waals surface area contributed by atoms with Crippen LogP contribution < -0.4 is 24.8 Å². The van der Waals surface area contributed by atoms with Gasteiger partial charge >= 0.3 is 266 Å². The predicted octanol–water partition coefficient (Wildman–Crippen LogP) is 6.68. The van der Waals surface area contributed by atoms with Crippen molar-refractivity contribution in [1.82, 2.24) is 0 Å². The molecule has 0 saturated carbocycles. The van der Waals surface area contributed by atoms with E-state index in [-0.39, 0.29) is 24.8 Å². The molecule has 0 spiro atoms. The van der Waals surface area contributed by atoms with E-state index in [1.807, 2.05) is 0 Å². The van der Waals surface area contributed by atoms with Crippen LogP contribution in [0.4, 0.5) is 0 Å². The predicted molar refractivity (Wildman–Crippen MR) is 184 cm³/mol. The summed E-state index contributed by atoms with van der Waals surface area (Å²) in [5.41, 5.74) is 18.2. The smallest absolute Gasteiger partial charge is 1.00 e. The summed E-state index contributed by atoms with van der Waals surface area (Å²) in [6.45, 7) is 13.9. The summed E-state index contributed by atoms with van der Waals surface area (Å²) in [4.78, 5) is 0. The minimum absolute atomic E-state index is 0. The Bertz CT molecular complexity index is 1610. The van der Waals surface area contributed by atoms with Gasteiger partial charge in [-0.25, -0.2) is 0 Å². The zero-order valence-corrected chi connectivity index (χ0v) is 31.6. The first-order valence-electron chi connectivity index (χ1n) is 16.7. The van der Waals surface area contributed by atoms with E-state index >= 15 is 0 Å². The number of hydrogen-bond acceptors (Lipinski definition) is 0. The minimum atomic E-state index is -2.69. The van der Waals surface area contributed by atoms with Crippen LogP contribution in [-0.2, 0) is 20.3 Å². The Morgan fingerprint density at radius 2 is 0.933 bits per heavy atom. The van der Waals surface area contributed by atoms with Crippen molar-refractivity contribution in [3.05, 3.63) is 129 Å². The van der Waals surface area contributed by atoms with Gasteiger partial charge in [-0.2, -0.15) is 0 Å². The second-order valence-electron chi connectivity index (χ2n) is 13.9. The fourth-order valence-electron chi connectivity index (χ4n) is 8.39. The summed E-state index contributed by atoms with van der Waals surface area (Å²) in [5.74, 6) is 1.12. The van der Waals surface area contributed by atoms with Gasteiger partial charge in [0.1, 0.15) is 0 Å². The maximum atomic E-state index is 2.63. The summed E-state index contributed by atoms with van der Waals surface area (Å²) in [6, 6.07) is 33.2. The van der Waals surface area contributed by atoms with Crippen molar-refractivity contribution in [1.29, 1.82) is 0 Å². The Morgan fingerprint density at radius 3 is 1.24 bits per heavy atom. The van der Waals surface area contributed by atoms with Crippen LogP contribution in [0.5, 0.6) is 0 Å². The van der Waals surface area contributed by atoms with Crippen molar-refractivity contribution >= 4 is 12.2 Å². The first-order valence-corrected chi connectivity index (χ1v) is 23.0. The molecule has 2 atom stereocenters. The van der Waals surface area contributed by atoms with Crippen LogP contribution in [0.25, 0.3) is 34.4 Å². The van der Waals surface area contributed by atoms with Crippen LogP contribution in [0.2, 0.25) is 8.26 Å². The van der Waals surface area contributed by atoms with E-state index in [1.165, 1.54) is 52.8 Å². The Labute approximate surface area is 288 Å². The second kappa shape index (κ2) is 13.5. The molecule has 1 aliphatic heterocycles. The normalized spacial score (nSPS) is 18.2. The first-order chi connectivity index (χ1) is 20.9. The molecule has 1 saturated heterocycles. The molecular weight excluding hydrogens is 667 g/mol. The van der Waals surface area contributed by atoms with Gasteiger partial charge in [0.25, 0.3) is 0 Å². The zero-order chi connectivity index (χ0) is 29.9. The third-order valence-electron chi connectivity index (χ3n) is 10.9. The molecule has 0 aromatic heterocycles. The van der Waals surface area contributed by atoms with E-state index in [2.05, 4.69) is 139 Å². The number of halogens is 2. The van der Waals surface area contributed by atoms with Crippen molar-refractivity contribution in [3.63, 3.8) is 0 Å². The van der Waals surface area contributed by atoms with E-state index in [0.717, 1.165) is 12.8 Å². The topological polar surface area (TPSA) is 0 Å². The summed E-state index contributed by atoms with van der Waals surface area (Å²) >= 11 is -2.69. The number of allylic oxidation sites excluding steroid dienone is 2. The van der Waals surface area contributed by atoms with E-state index in [1.54, 1.807) is 22.3 Å².